The number of carbonyl (C=O) groups excluding carboxylic acids is 2. The largest absolute Gasteiger partial charge is 0.548 e. The van der Waals surface area contributed by atoms with Gasteiger partial charge in [0.1, 0.15) is 5.60 Å². The highest BCUT2D eigenvalue weighted by atomic mass is 16.6. The number of rotatable bonds is 4. The predicted molar refractivity (Wildman–Crippen MR) is 53.0 cm³/mol. The van der Waals surface area contributed by atoms with Gasteiger partial charge in [-0.3, -0.25) is 0 Å². The highest BCUT2D eigenvalue weighted by Gasteiger charge is 2.19. The number of amides is 1. The van der Waals surface area contributed by atoms with E-state index in [9.17, 15) is 14.7 Å². The Morgan fingerprint density at radius 2 is 2.07 bits per heavy atom. The number of nitrogens with one attached hydrogen (secondary N) is 1. The van der Waals surface area contributed by atoms with Crippen LogP contribution in [0, 0.1) is 0 Å². The Hall–Kier alpha value is -1.52. The van der Waals surface area contributed by atoms with Crippen LogP contribution in [0.3, 0.4) is 0 Å². The molecule has 0 fully saturated rings. The Morgan fingerprint density at radius 3 is 2.40 bits per heavy atom. The van der Waals surface area contributed by atoms with Crippen molar-refractivity contribution in [2.75, 3.05) is 0 Å². The fraction of sp³-hybridized carbons (Fsp3) is 0.600. The lowest BCUT2D eigenvalue weighted by Crippen LogP contribution is -2.48. The summed E-state index contributed by atoms with van der Waals surface area (Å²) in [6.45, 7) is 8.45. The van der Waals surface area contributed by atoms with Crippen molar-refractivity contribution in [2.45, 2.75) is 38.8 Å². The summed E-state index contributed by atoms with van der Waals surface area (Å²) in [7, 11) is 0. The zero-order valence-electron chi connectivity index (χ0n) is 9.20. The number of ether oxygens (including phenoxy) is 1. The number of hydrogen-bond acceptors (Lipinski definition) is 4. The molecule has 0 aromatic heterocycles. The number of carbonyl (C=O) groups is 2. The van der Waals surface area contributed by atoms with E-state index in [0.717, 1.165) is 0 Å². The van der Waals surface area contributed by atoms with Crippen LogP contribution in [0.1, 0.15) is 27.2 Å². The molecule has 0 heterocycles. The maximum Gasteiger partial charge on any atom is 0.408 e. The Morgan fingerprint density at radius 1 is 1.53 bits per heavy atom. The standard InChI is InChI=1S/C10H17NO4/c1-5-6-7(8(12)13)11-9(14)15-10(2,3)4/h5,7H,1,6H2,2-4H3,(H,11,14)(H,12,13)/p-1/t7-/m0/s1. The molecule has 1 amide bonds. The van der Waals surface area contributed by atoms with Crippen molar-refractivity contribution in [1.82, 2.24) is 5.32 Å². The van der Waals surface area contributed by atoms with E-state index in [1.54, 1.807) is 20.8 Å². The molecule has 0 aliphatic heterocycles. The third kappa shape index (κ3) is 6.54. The molecular weight excluding hydrogens is 198 g/mol. The maximum absolute atomic E-state index is 11.2. The maximum atomic E-state index is 11.2. The highest BCUT2D eigenvalue weighted by molar-refractivity contribution is 5.78. The van der Waals surface area contributed by atoms with Crippen LogP contribution >= 0.6 is 0 Å². The van der Waals surface area contributed by atoms with E-state index < -0.39 is 23.7 Å². The Balaban J connectivity index is 4.23. The summed E-state index contributed by atoms with van der Waals surface area (Å²) in [5.74, 6) is -1.36. The van der Waals surface area contributed by atoms with Crippen molar-refractivity contribution in [3.63, 3.8) is 0 Å². The lowest BCUT2D eigenvalue weighted by atomic mass is 10.2. The molecule has 0 aromatic rings. The average Bonchev–Trinajstić information content (AvgIpc) is 1.99. The van der Waals surface area contributed by atoms with E-state index in [-0.39, 0.29) is 6.42 Å². The van der Waals surface area contributed by atoms with Crippen molar-refractivity contribution >= 4 is 12.1 Å². The lowest BCUT2D eigenvalue weighted by Gasteiger charge is -2.23. The summed E-state index contributed by atoms with van der Waals surface area (Å²) in [4.78, 5) is 21.8. The van der Waals surface area contributed by atoms with Crippen molar-refractivity contribution < 1.29 is 19.4 Å². The third-order valence-corrected chi connectivity index (χ3v) is 1.38. The summed E-state index contributed by atoms with van der Waals surface area (Å²) in [5.41, 5.74) is -0.658. The van der Waals surface area contributed by atoms with E-state index in [0.29, 0.717) is 0 Å². The first kappa shape index (κ1) is 13.5. The smallest absolute Gasteiger partial charge is 0.408 e. The molecule has 0 spiro atoms. The SMILES string of the molecule is C=CC[C@H](NC(=O)OC(C)(C)C)C(=O)[O-]. The molecule has 1 atom stereocenters. The van der Waals surface area contributed by atoms with E-state index in [1.807, 2.05) is 0 Å². The van der Waals surface area contributed by atoms with E-state index in [4.69, 9.17) is 4.74 Å². The molecule has 86 valence electrons. The van der Waals surface area contributed by atoms with Crippen LogP contribution in [-0.4, -0.2) is 23.7 Å². The molecule has 0 aromatic carbocycles. The van der Waals surface area contributed by atoms with Crippen LogP contribution in [-0.2, 0) is 9.53 Å². The minimum Gasteiger partial charge on any atom is -0.548 e. The first-order valence-corrected chi connectivity index (χ1v) is 4.57. The molecular formula is C10H16NO4-. The van der Waals surface area contributed by atoms with Gasteiger partial charge in [-0.2, -0.15) is 0 Å². The van der Waals surface area contributed by atoms with Gasteiger partial charge in [0.25, 0.3) is 0 Å². The summed E-state index contributed by atoms with van der Waals surface area (Å²) in [6, 6.07) is -1.10. The summed E-state index contributed by atoms with van der Waals surface area (Å²) in [5, 5.41) is 12.7. The van der Waals surface area contributed by atoms with Crippen LogP contribution in [0.4, 0.5) is 4.79 Å². The van der Waals surface area contributed by atoms with Gasteiger partial charge in [0, 0.05) is 0 Å². The van der Waals surface area contributed by atoms with Gasteiger partial charge in [-0.25, -0.2) is 4.79 Å². The molecule has 0 unspecified atom stereocenters. The molecule has 0 rings (SSSR count). The van der Waals surface area contributed by atoms with Gasteiger partial charge in [0.2, 0.25) is 0 Å². The molecule has 1 N–H and O–H groups in total. The van der Waals surface area contributed by atoms with Crippen molar-refractivity contribution in [3.05, 3.63) is 12.7 Å². The zero-order chi connectivity index (χ0) is 12.1. The van der Waals surface area contributed by atoms with Crippen LogP contribution in [0.5, 0.6) is 0 Å². The van der Waals surface area contributed by atoms with Crippen LogP contribution in [0.2, 0.25) is 0 Å². The quantitative estimate of drug-likeness (QED) is 0.678. The van der Waals surface area contributed by atoms with Gasteiger partial charge in [-0.05, 0) is 27.2 Å². The monoisotopic (exact) mass is 214 g/mol. The second kappa shape index (κ2) is 5.38. The fourth-order valence-corrected chi connectivity index (χ4v) is 0.831. The summed E-state index contributed by atoms with van der Waals surface area (Å²) < 4.78 is 4.89. The predicted octanol–water partition coefficient (Wildman–Crippen LogP) is 0.206. The zero-order valence-corrected chi connectivity index (χ0v) is 9.20. The van der Waals surface area contributed by atoms with E-state index >= 15 is 0 Å². The topological polar surface area (TPSA) is 78.5 Å². The van der Waals surface area contributed by atoms with Crippen LogP contribution in [0.15, 0.2) is 12.7 Å². The number of alkyl carbamates (subject to hydrolysis) is 1. The highest BCUT2D eigenvalue weighted by Crippen LogP contribution is 2.07. The molecule has 0 saturated heterocycles. The van der Waals surface area contributed by atoms with E-state index in [2.05, 4.69) is 11.9 Å². The molecule has 0 saturated carbocycles. The second-order valence-electron chi connectivity index (χ2n) is 4.04. The minimum atomic E-state index is -1.36. The summed E-state index contributed by atoms with van der Waals surface area (Å²) in [6.07, 6.45) is 0.706. The first-order chi connectivity index (χ1) is 6.76. The number of aliphatic carboxylic acids is 1. The molecule has 5 heteroatoms. The van der Waals surface area contributed by atoms with Crippen molar-refractivity contribution in [2.24, 2.45) is 0 Å². The van der Waals surface area contributed by atoms with Gasteiger partial charge in [-0.15, -0.1) is 6.58 Å². The summed E-state index contributed by atoms with van der Waals surface area (Å²) >= 11 is 0. The lowest BCUT2D eigenvalue weighted by molar-refractivity contribution is -0.308. The third-order valence-electron chi connectivity index (χ3n) is 1.38. The Kier molecular flexibility index (Phi) is 4.84. The Labute approximate surface area is 89.1 Å². The van der Waals surface area contributed by atoms with Gasteiger partial charge in [0.05, 0.1) is 12.0 Å². The van der Waals surface area contributed by atoms with Crippen molar-refractivity contribution in [1.29, 1.82) is 0 Å². The normalized spacial score (nSPS) is 12.7. The number of carboxylic acid groups (broad SMARTS) is 1. The minimum absolute atomic E-state index is 0.0988. The van der Waals surface area contributed by atoms with Crippen LogP contribution in [0.25, 0.3) is 0 Å². The average molecular weight is 214 g/mol. The van der Waals surface area contributed by atoms with Gasteiger partial charge < -0.3 is 20.0 Å². The molecule has 15 heavy (non-hydrogen) atoms. The van der Waals surface area contributed by atoms with Gasteiger partial charge in [-0.1, -0.05) is 6.08 Å². The molecule has 0 aliphatic rings. The van der Waals surface area contributed by atoms with Gasteiger partial charge >= 0.3 is 6.09 Å². The second-order valence-corrected chi connectivity index (χ2v) is 4.04. The van der Waals surface area contributed by atoms with E-state index in [1.165, 1.54) is 6.08 Å². The van der Waals surface area contributed by atoms with Crippen molar-refractivity contribution in [3.8, 4) is 0 Å². The molecule has 0 radical (unpaired) electrons. The first-order valence-electron chi connectivity index (χ1n) is 4.57. The molecule has 0 aliphatic carbocycles. The number of carboxylic acids is 1. The van der Waals surface area contributed by atoms with Crippen LogP contribution < -0.4 is 10.4 Å². The molecule has 5 nitrogen and oxygen atoms in total. The fourth-order valence-electron chi connectivity index (χ4n) is 0.831. The Bertz CT molecular complexity index is 255. The van der Waals surface area contributed by atoms with Gasteiger partial charge in [0.15, 0.2) is 0 Å². The molecule has 0 bridgehead atoms. The number of hydrogen-bond donors (Lipinski definition) is 1.